The molecule has 144 valence electrons. The zero-order valence-corrected chi connectivity index (χ0v) is 18.8. The summed E-state index contributed by atoms with van der Waals surface area (Å²) in [5, 5.41) is 0.952. The van der Waals surface area contributed by atoms with E-state index in [4.69, 9.17) is 0 Å². The van der Waals surface area contributed by atoms with Gasteiger partial charge >= 0.3 is 0 Å². The van der Waals surface area contributed by atoms with E-state index in [1.54, 1.807) is 12.4 Å². The zero-order valence-electron chi connectivity index (χ0n) is 15.6. The third-order valence-corrected chi connectivity index (χ3v) is 4.20. The number of rotatable bonds is 3. The maximum atomic E-state index is 3.78. The van der Waals surface area contributed by atoms with E-state index in [9.17, 15) is 0 Å². The minimum atomic E-state index is 0. The van der Waals surface area contributed by atoms with E-state index in [-0.39, 0.29) is 17.0 Å². The van der Waals surface area contributed by atoms with Crippen LogP contribution in [0.3, 0.4) is 0 Å². The fourth-order valence-electron chi connectivity index (χ4n) is 2.21. The minimum Gasteiger partial charge on any atom is -1.00 e. The molecular formula is C24H24Br2N2. The Morgan fingerprint density at radius 2 is 1.07 bits per heavy atom. The number of nitrogens with zero attached hydrogens (tertiary/aromatic N) is 2. The van der Waals surface area contributed by atoms with Crippen LogP contribution in [0, 0.1) is 0 Å². The van der Waals surface area contributed by atoms with Gasteiger partial charge in [-0.3, -0.25) is 4.98 Å². The van der Waals surface area contributed by atoms with Crippen LogP contribution in [0.1, 0.15) is 11.1 Å². The van der Waals surface area contributed by atoms with Crippen LogP contribution in [0.2, 0.25) is 0 Å². The Balaban J connectivity index is 0.000000225. The summed E-state index contributed by atoms with van der Waals surface area (Å²) in [6.45, 7) is 0.946. The molecule has 0 amide bonds. The summed E-state index contributed by atoms with van der Waals surface area (Å²) in [5.74, 6) is 0. The standard InChI is InChI=1S/C12H12N.C7H7Br.C5H5N.BrH/c1-3-7-12(8-4-1)11-13-9-5-2-6-10-13;8-6-7-4-2-1-3-5-7;1-2-4-6-5-3-1;/h1-10H,11H2;1-5H,6H2;1-5H;1H/q+1;;;/p-1. The van der Waals surface area contributed by atoms with Gasteiger partial charge in [-0.2, -0.15) is 0 Å². The van der Waals surface area contributed by atoms with E-state index in [1.165, 1.54) is 11.1 Å². The molecule has 2 heterocycles. The van der Waals surface area contributed by atoms with Gasteiger partial charge in [0, 0.05) is 35.4 Å². The summed E-state index contributed by atoms with van der Waals surface area (Å²) < 4.78 is 2.16. The van der Waals surface area contributed by atoms with Gasteiger partial charge in [0.05, 0.1) is 0 Å². The van der Waals surface area contributed by atoms with Crippen LogP contribution in [0.4, 0.5) is 0 Å². The Bertz CT molecular complexity index is 763. The number of hydrogen-bond donors (Lipinski definition) is 0. The molecule has 0 spiro atoms. The Kier molecular flexibility index (Phi) is 13.3. The van der Waals surface area contributed by atoms with Gasteiger partial charge in [0.1, 0.15) is 0 Å². The molecule has 28 heavy (non-hydrogen) atoms. The molecule has 0 aliphatic heterocycles. The molecule has 0 bridgehead atoms. The summed E-state index contributed by atoms with van der Waals surface area (Å²) in [6.07, 6.45) is 7.65. The molecule has 0 unspecified atom stereocenters. The molecule has 0 saturated heterocycles. The van der Waals surface area contributed by atoms with Crippen molar-refractivity contribution >= 4 is 15.9 Å². The number of benzene rings is 2. The highest BCUT2D eigenvalue weighted by atomic mass is 79.9. The molecule has 0 atom stereocenters. The Labute approximate surface area is 186 Å². The molecule has 0 aliphatic rings. The molecule has 4 rings (SSSR count). The van der Waals surface area contributed by atoms with Crippen LogP contribution in [-0.4, -0.2) is 4.98 Å². The summed E-state index contributed by atoms with van der Waals surface area (Å²) in [5.41, 5.74) is 2.66. The summed E-state index contributed by atoms with van der Waals surface area (Å²) >= 11 is 3.36. The Hall–Kier alpha value is -2.30. The van der Waals surface area contributed by atoms with Gasteiger partial charge in [-0.05, 0) is 17.7 Å². The smallest absolute Gasteiger partial charge is 0.173 e. The average Bonchev–Trinajstić information content (AvgIpc) is 2.78. The summed E-state index contributed by atoms with van der Waals surface area (Å²) in [6, 6.07) is 32.6. The highest BCUT2D eigenvalue weighted by Gasteiger charge is 1.98. The van der Waals surface area contributed by atoms with Crippen molar-refractivity contribution in [2.75, 3.05) is 0 Å². The maximum Gasteiger partial charge on any atom is 0.173 e. The monoisotopic (exact) mass is 498 g/mol. The third kappa shape index (κ3) is 10.8. The first-order chi connectivity index (χ1) is 13.4. The van der Waals surface area contributed by atoms with Gasteiger partial charge in [-0.1, -0.05) is 88.7 Å². The molecule has 2 nitrogen and oxygen atoms in total. The SMILES string of the molecule is BrCc1ccccc1.[Br-].c1ccc(C[n+]2ccccc2)cc1.c1ccncc1. The predicted molar refractivity (Wildman–Crippen MR) is 115 cm³/mol. The molecule has 2 aromatic carbocycles. The van der Waals surface area contributed by atoms with E-state index in [1.807, 2.05) is 60.7 Å². The highest BCUT2D eigenvalue weighted by Crippen LogP contribution is 2.02. The lowest BCUT2D eigenvalue weighted by molar-refractivity contribution is -0.688. The molecule has 0 N–H and O–H groups in total. The first-order valence-electron chi connectivity index (χ1n) is 8.81. The van der Waals surface area contributed by atoms with Gasteiger partial charge in [-0.15, -0.1) is 0 Å². The largest absolute Gasteiger partial charge is 1.00 e. The molecule has 4 heteroatoms. The van der Waals surface area contributed by atoms with Crippen molar-refractivity contribution in [2.45, 2.75) is 11.9 Å². The zero-order chi connectivity index (χ0) is 19.0. The average molecular weight is 500 g/mol. The van der Waals surface area contributed by atoms with Gasteiger partial charge in [0.25, 0.3) is 0 Å². The third-order valence-electron chi connectivity index (χ3n) is 3.55. The minimum absolute atomic E-state index is 0. The lowest BCUT2D eigenvalue weighted by atomic mass is 10.2. The normalized spacial score (nSPS) is 8.89. The number of pyridine rings is 2. The van der Waals surface area contributed by atoms with Crippen LogP contribution in [-0.2, 0) is 11.9 Å². The maximum absolute atomic E-state index is 3.78. The van der Waals surface area contributed by atoms with E-state index >= 15 is 0 Å². The van der Waals surface area contributed by atoms with E-state index in [0.29, 0.717) is 0 Å². The van der Waals surface area contributed by atoms with Crippen LogP contribution in [0.5, 0.6) is 0 Å². The van der Waals surface area contributed by atoms with Crippen molar-refractivity contribution in [1.82, 2.24) is 4.98 Å². The van der Waals surface area contributed by atoms with Crippen molar-refractivity contribution < 1.29 is 21.5 Å². The topological polar surface area (TPSA) is 16.8 Å². The number of halogens is 2. The second-order valence-corrected chi connectivity index (χ2v) is 6.24. The molecule has 4 aromatic rings. The Morgan fingerprint density at radius 1 is 0.607 bits per heavy atom. The van der Waals surface area contributed by atoms with E-state index < -0.39 is 0 Å². The van der Waals surface area contributed by atoms with Gasteiger partial charge in [0.15, 0.2) is 18.9 Å². The van der Waals surface area contributed by atoms with Crippen molar-refractivity contribution in [3.8, 4) is 0 Å². The molecule has 0 aliphatic carbocycles. The first kappa shape index (κ1) is 23.7. The van der Waals surface area contributed by atoms with Crippen LogP contribution < -0.4 is 21.5 Å². The van der Waals surface area contributed by atoms with Crippen LogP contribution in [0.25, 0.3) is 0 Å². The predicted octanol–water partition coefficient (Wildman–Crippen LogP) is 2.69. The van der Waals surface area contributed by atoms with Crippen molar-refractivity contribution in [1.29, 1.82) is 0 Å². The van der Waals surface area contributed by atoms with E-state index in [2.05, 4.69) is 74.3 Å². The fourth-order valence-corrected chi connectivity index (χ4v) is 2.59. The number of aromatic nitrogens is 2. The quantitative estimate of drug-likeness (QED) is 0.313. The van der Waals surface area contributed by atoms with Crippen molar-refractivity contribution in [3.63, 3.8) is 0 Å². The van der Waals surface area contributed by atoms with Gasteiger partial charge < -0.3 is 17.0 Å². The lowest BCUT2D eigenvalue weighted by Crippen LogP contribution is -3.00. The Morgan fingerprint density at radius 3 is 1.46 bits per heavy atom. The number of alkyl halides is 1. The lowest BCUT2D eigenvalue weighted by Gasteiger charge is -1.95. The second-order valence-electron chi connectivity index (χ2n) is 5.68. The van der Waals surface area contributed by atoms with Gasteiger partial charge in [-0.25, -0.2) is 4.57 Å². The highest BCUT2D eigenvalue weighted by molar-refractivity contribution is 9.08. The van der Waals surface area contributed by atoms with Crippen LogP contribution in [0.15, 0.2) is 122 Å². The fraction of sp³-hybridized carbons (Fsp3) is 0.0833. The number of hydrogen-bond acceptors (Lipinski definition) is 1. The van der Waals surface area contributed by atoms with Crippen LogP contribution >= 0.6 is 15.9 Å². The molecule has 2 aromatic heterocycles. The second kappa shape index (κ2) is 15.7. The van der Waals surface area contributed by atoms with E-state index in [0.717, 1.165) is 11.9 Å². The molecule has 0 fully saturated rings. The first-order valence-corrected chi connectivity index (χ1v) is 9.93. The van der Waals surface area contributed by atoms with Crippen molar-refractivity contribution in [2.24, 2.45) is 0 Å². The molecule has 0 radical (unpaired) electrons. The molecular weight excluding hydrogens is 476 g/mol. The summed E-state index contributed by atoms with van der Waals surface area (Å²) in [7, 11) is 0. The molecule has 0 saturated carbocycles. The summed E-state index contributed by atoms with van der Waals surface area (Å²) in [4.78, 5) is 3.78. The van der Waals surface area contributed by atoms with Crippen molar-refractivity contribution in [3.05, 3.63) is 133 Å². The van der Waals surface area contributed by atoms with Gasteiger partial charge in [0.2, 0.25) is 0 Å².